The Morgan fingerprint density at radius 1 is 0.871 bits per heavy atom. The summed E-state index contributed by atoms with van der Waals surface area (Å²) in [6, 6.07) is 13.9. The number of fused-ring (bicyclic) bond motifs is 6. The second-order valence-corrected chi connectivity index (χ2v) is 8.12. The van der Waals surface area contributed by atoms with Crippen molar-refractivity contribution in [1.29, 1.82) is 0 Å². The van der Waals surface area contributed by atoms with Crippen LogP contribution in [0.2, 0.25) is 0 Å². The molecule has 3 aromatic carbocycles. The fourth-order valence-electron chi connectivity index (χ4n) is 5.00. The van der Waals surface area contributed by atoms with Crippen LogP contribution in [-0.4, -0.2) is 16.2 Å². The van der Waals surface area contributed by atoms with Crippen molar-refractivity contribution in [2.75, 3.05) is 0 Å². The maximum Gasteiger partial charge on any atom is 0.340 e. The van der Waals surface area contributed by atoms with E-state index in [-0.39, 0.29) is 11.5 Å². The molecule has 0 radical (unpaired) electrons. The molecule has 0 aromatic heterocycles. The summed E-state index contributed by atoms with van der Waals surface area (Å²) >= 11 is 0. The number of aromatic hydroxyl groups is 2. The number of phenols is 2. The fourth-order valence-corrected chi connectivity index (χ4v) is 5.00. The van der Waals surface area contributed by atoms with Crippen molar-refractivity contribution < 1.29 is 24.5 Å². The molecule has 0 saturated heterocycles. The van der Waals surface area contributed by atoms with E-state index < -0.39 is 11.6 Å². The number of ether oxygens (including phenoxy) is 2. The Morgan fingerprint density at radius 2 is 1.61 bits per heavy atom. The molecule has 0 aliphatic carbocycles. The quantitative estimate of drug-likeness (QED) is 0.544. The first-order valence-corrected chi connectivity index (χ1v) is 10.7. The Labute approximate surface area is 180 Å². The summed E-state index contributed by atoms with van der Waals surface area (Å²) in [6.07, 6.45) is 3.16. The molecule has 0 bridgehead atoms. The molecule has 0 saturated carbocycles. The molecule has 158 valence electrons. The van der Waals surface area contributed by atoms with Gasteiger partial charge in [-0.15, -0.1) is 0 Å². The van der Waals surface area contributed by atoms with Crippen LogP contribution < -0.4 is 4.74 Å². The monoisotopic (exact) mass is 416 g/mol. The topological polar surface area (TPSA) is 76.0 Å². The van der Waals surface area contributed by atoms with E-state index in [0.29, 0.717) is 35.5 Å². The predicted octanol–water partition coefficient (Wildman–Crippen LogP) is 5.57. The van der Waals surface area contributed by atoms with Gasteiger partial charge in [0, 0.05) is 23.3 Å². The van der Waals surface area contributed by atoms with Crippen molar-refractivity contribution in [3.05, 3.63) is 81.9 Å². The van der Waals surface area contributed by atoms with Crippen molar-refractivity contribution in [3.63, 3.8) is 0 Å². The van der Waals surface area contributed by atoms with E-state index in [1.54, 1.807) is 24.3 Å². The molecule has 0 amide bonds. The Kier molecular flexibility index (Phi) is 4.43. The summed E-state index contributed by atoms with van der Waals surface area (Å²) in [5.74, 6) is 0.691. The average Bonchev–Trinajstić information content (AvgIpc) is 3.03. The second-order valence-electron chi connectivity index (χ2n) is 8.12. The average molecular weight is 416 g/mol. The Hall–Kier alpha value is -3.47. The van der Waals surface area contributed by atoms with E-state index in [9.17, 15) is 15.0 Å². The first-order valence-electron chi connectivity index (χ1n) is 10.7. The number of carbonyl (C=O) groups is 1. The maximum atomic E-state index is 13.0. The van der Waals surface area contributed by atoms with Gasteiger partial charge in [-0.05, 0) is 42.2 Å². The third kappa shape index (κ3) is 2.66. The first-order chi connectivity index (χ1) is 15.0. The molecule has 3 aromatic rings. The molecule has 2 aliphatic rings. The van der Waals surface area contributed by atoms with E-state index in [4.69, 9.17) is 9.47 Å². The highest BCUT2D eigenvalue weighted by Gasteiger charge is 2.54. The van der Waals surface area contributed by atoms with Crippen LogP contribution in [0, 0.1) is 0 Å². The molecule has 0 fully saturated rings. The lowest BCUT2D eigenvalue weighted by atomic mass is 9.74. The van der Waals surface area contributed by atoms with Crippen LogP contribution in [0.25, 0.3) is 0 Å². The molecule has 5 heteroatoms. The highest BCUT2D eigenvalue weighted by Crippen LogP contribution is 2.58. The van der Waals surface area contributed by atoms with Gasteiger partial charge in [-0.3, -0.25) is 0 Å². The van der Waals surface area contributed by atoms with E-state index in [1.165, 1.54) is 6.07 Å². The van der Waals surface area contributed by atoms with Gasteiger partial charge in [-0.1, -0.05) is 44.9 Å². The van der Waals surface area contributed by atoms with Crippen LogP contribution >= 0.6 is 0 Å². The summed E-state index contributed by atoms with van der Waals surface area (Å²) in [4.78, 5) is 13.0. The Balaban J connectivity index is 1.93. The zero-order valence-corrected chi connectivity index (χ0v) is 17.6. The normalized spacial score (nSPS) is 18.2. The zero-order chi connectivity index (χ0) is 21.8. The third-order valence-electron chi connectivity index (χ3n) is 6.18. The van der Waals surface area contributed by atoms with Crippen LogP contribution in [0.4, 0.5) is 0 Å². The molecular weight excluding hydrogens is 392 g/mol. The molecule has 1 atom stereocenters. The van der Waals surface area contributed by atoms with Gasteiger partial charge in [0.15, 0.2) is 5.60 Å². The molecule has 2 aliphatic heterocycles. The molecule has 1 spiro atoms. The van der Waals surface area contributed by atoms with Crippen molar-refractivity contribution in [2.45, 2.75) is 45.1 Å². The highest BCUT2D eigenvalue weighted by atomic mass is 16.6. The summed E-state index contributed by atoms with van der Waals surface area (Å²) < 4.78 is 12.4. The largest absolute Gasteiger partial charge is 0.508 e. The fraction of sp³-hybridized carbons (Fsp3) is 0.269. The second kappa shape index (κ2) is 7.05. The smallest absolute Gasteiger partial charge is 0.340 e. The first kappa shape index (κ1) is 19.5. The molecule has 5 nitrogen and oxygen atoms in total. The Bertz CT molecular complexity index is 1210. The minimum Gasteiger partial charge on any atom is -0.508 e. The summed E-state index contributed by atoms with van der Waals surface area (Å²) in [5.41, 5.74) is 3.35. The van der Waals surface area contributed by atoms with Crippen LogP contribution in [0.3, 0.4) is 0 Å². The van der Waals surface area contributed by atoms with Crippen molar-refractivity contribution >= 4 is 5.97 Å². The SMILES string of the molecule is CCCc1c(O)cc2c(c1CCC)C1(OC(=O)c3ccccc31)c1ccc(O)cc1O2. The molecule has 2 heterocycles. The minimum absolute atomic E-state index is 0.0514. The van der Waals surface area contributed by atoms with Gasteiger partial charge >= 0.3 is 5.97 Å². The number of carbonyl (C=O) groups excluding carboxylic acids is 1. The van der Waals surface area contributed by atoms with Crippen LogP contribution in [0.1, 0.15) is 64.9 Å². The van der Waals surface area contributed by atoms with Gasteiger partial charge in [0.2, 0.25) is 0 Å². The third-order valence-corrected chi connectivity index (χ3v) is 6.18. The van der Waals surface area contributed by atoms with Gasteiger partial charge in [-0.2, -0.15) is 0 Å². The van der Waals surface area contributed by atoms with E-state index in [2.05, 4.69) is 13.8 Å². The van der Waals surface area contributed by atoms with Gasteiger partial charge in [-0.25, -0.2) is 4.79 Å². The van der Waals surface area contributed by atoms with Gasteiger partial charge in [0.25, 0.3) is 0 Å². The number of benzene rings is 3. The summed E-state index contributed by atoms with van der Waals surface area (Å²) in [7, 11) is 0. The van der Waals surface area contributed by atoms with Crippen LogP contribution in [0.15, 0.2) is 48.5 Å². The highest BCUT2D eigenvalue weighted by molar-refractivity contribution is 5.97. The van der Waals surface area contributed by atoms with Crippen molar-refractivity contribution in [2.24, 2.45) is 0 Å². The Morgan fingerprint density at radius 3 is 2.39 bits per heavy atom. The molecular formula is C26H24O5. The number of hydrogen-bond donors (Lipinski definition) is 2. The zero-order valence-electron chi connectivity index (χ0n) is 17.6. The van der Waals surface area contributed by atoms with Crippen molar-refractivity contribution in [1.82, 2.24) is 0 Å². The lowest BCUT2D eigenvalue weighted by Gasteiger charge is -2.39. The van der Waals surface area contributed by atoms with E-state index >= 15 is 0 Å². The van der Waals surface area contributed by atoms with Crippen LogP contribution in [0.5, 0.6) is 23.0 Å². The summed E-state index contributed by atoms with van der Waals surface area (Å²) in [5, 5.41) is 20.9. The molecule has 1 unspecified atom stereocenters. The number of esters is 1. The lowest BCUT2D eigenvalue weighted by molar-refractivity contribution is 0.0221. The summed E-state index contributed by atoms with van der Waals surface area (Å²) in [6.45, 7) is 4.16. The van der Waals surface area contributed by atoms with Gasteiger partial charge < -0.3 is 19.7 Å². The lowest BCUT2D eigenvalue weighted by Crippen LogP contribution is -2.34. The number of rotatable bonds is 4. The van der Waals surface area contributed by atoms with Gasteiger partial charge in [0.1, 0.15) is 23.0 Å². The predicted molar refractivity (Wildman–Crippen MR) is 116 cm³/mol. The molecule has 5 rings (SSSR count). The minimum atomic E-state index is -1.19. The van der Waals surface area contributed by atoms with E-state index in [0.717, 1.165) is 35.1 Å². The number of hydrogen-bond acceptors (Lipinski definition) is 5. The molecule has 2 N–H and O–H groups in total. The molecule has 31 heavy (non-hydrogen) atoms. The van der Waals surface area contributed by atoms with E-state index in [1.807, 2.05) is 18.2 Å². The number of phenolic OH excluding ortho intramolecular Hbond substituents is 2. The van der Waals surface area contributed by atoms with Crippen LogP contribution in [-0.2, 0) is 23.2 Å². The maximum absolute atomic E-state index is 13.0. The van der Waals surface area contributed by atoms with Crippen molar-refractivity contribution in [3.8, 4) is 23.0 Å². The van der Waals surface area contributed by atoms with Gasteiger partial charge in [0.05, 0.1) is 11.1 Å². The standard InChI is InChI=1S/C26H24O5/c1-3-7-16-17(8-4-2)24-23(14-21(16)28)30-22-13-15(27)11-12-20(22)26(24)19-10-6-5-9-18(19)25(29)31-26/h5-6,9-14,27-28H,3-4,7-8H2,1-2H3.